The summed E-state index contributed by atoms with van der Waals surface area (Å²) in [6.45, 7) is 0.578. The SMILES string of the molecule is O.O=C(NCc1ccccn1)c1cccc(C(=O)NCc2ccccn2)n1. The van der Waals surface area contributed by atoms with Gasteiger partial charge >= 0.3 is 0 Å². The second-order valence-corrected chi connectivity index (χ2v) is 5.42. The fraction of sp³-hybridized carbons (Fsp3) is 0.105. The van der Waals surface area contributed by atoms with Crippen molar-refractivity contribution in [2.45, 2.75) is 13.1 Å². The second-order valence-electron chi connectivity index (χ2n) is 5.42. The summed E-state index contributed by atoms with van der Waals surface area (Å²) in [6.07, 6.45) is 3.32. The van der Waals surface area contributed by atoms with Crippen LogP contribution in [-0.4, -0.2) is 32.2 Å². The highest BCUT2D eigenvalue weighted by atomic mass is 16.2. The first-order chi connectivity index (χ1) is 12.7. The number of nitrogens with zero attached hydrogens (tertiary/aromatic N) is 3. The molecule has 3 aromatic rings. The topological polar surface area (TPSA) is 128 Å². The van der Waals surface area contributed by atoms with Gasteiger partial charge in [-0.15, -0.1) is 0 Å². The Morgan fingerprint density at radius 3 is 1.59 bits per heavy atom. The molecule has 0 fully saturated rings. The van der Waals surface area contributed by atoms with Crippen molar-refractivity contribution in [3.63, 3.8) is 0 Å². The second kappa shape index (κ2) is 9.73. The third-order valence-corrected chi connectivity index (χ3v) is 3.53. The number of carbonyl (C=O) groups excluding carboxylic acids is 2. The number of hydrogen-bond acceptors (Lipinski definition) is 5. The van der Waals surface area contributed by atoms with Gasteiger partial charge in [-0.3, -0.25) is 19.6 Å². The van der Waals surface area contributed by atoms with E-state index in [1.165, 1.54) is 0 Å². The summed E-state index contributed by atoms with van der Waals surface area (Å²) in [6, 6.07) is 15.7. The van der Waals surface area contributed by atoms with Crippen LogP contribution in [0.3, 0.4) is 0 Å². The van der Waals surface area contributed by atoms with E-state index in [2.05, 4.69) is 25.6 Å². The van der Waals surface area contributed by atoms with E-state index in [0.717, 1.165) is 11.4 Å². The average Bonchev–Trinajstić information content (AvgIpc) is 2.72. The van der Waals surface area contributed by atoms with Crippen LogP contribution in [-0.2, 0) is 13.1 Å². The maximum absolute atomic E-state index is 12.2. The molecule has 4 N–H and O–H groups in total. The van der Waals surface area contributed by atoms with Crippen LogP contribution in [0.5, 0.6) is 0 Å². The van der Waals surface area contributed by atoms with Crippen LogP contribution in [0.25, 0.3) is 0 Å². The molecule has 27 heavy (non-hydrogen) atoms. The minimum atomic E-state index is -0.366. The van der Waals surface area contributed by atoms with Gasteiger partial charge < -0.3 is 16.1 Å². The van der Waals surface area contributed by atoms with Crippen LogP contribution >= 0.6 is 0 Å². The molecular weight excluding hydrogens is 346 g/mol. The zero-order chi connectivity index (χ0) is 18.2. The summed E-state index contributed by atoms with van der Waals surface area (Å²) in [5.74, 6) is -0.731. The number of pyridine rings is 3. The molecule has 0 aliphatic carbocycles. The predicted molar refractivity (Wildman–Crippen MR) is 98.7 cm³/mol. The van der Waals surface area contributed by atoms with E-state index < -0.39 is 0 Å². The Kier molecular flexibility index (Phi) is 7.09. The molecule has 0 aliphatic rings. The summed E-state index contributed by atoms with van der Waals surface area (Å²) in [4.78, 5) is 36.9. The quantitative estimate of drug-likeness (QED) is 0.671. The lowest BCUT2D eigenvalue weighted by atomic mass is 10.2. The monoisotopic (exact) mass is 365 g/mol. The van der Waals surface area contributed by atoms with Crippen molar-refractivity contribution < 1.29 is 15.1 Å². The van der Waals surface area contributed by atoms with Gasteiger partial charge in [0, 0.05) is 12.4 Å². The average molecular weight is 365 g/mol. The molecule has 0 bridgehead atoms. The van der Waals surface area contributed by atoms with Crippen molar-refractivity contribution >= 4 is 11.8 Å². The molecule has 3 heterocycles. The molecule has 0 aliphatic heterocycles. The van der Waals surface area contributed by atoms with E-state index in [4.69, 9.17) is 0 Å². The number of nitrogens with one attached hydrogen (secondary N) is 2. The number of hydrogen-bond donors (Lipinski definition) is 2. The number of aromatic nitrogens is 3. The summed E-state index contributed by atoms with van der Waals surface area (Å²) in [5, 5.41) is 5.47. The van der Waals surface area contributed by atoms with Crippen molar-refractivity contribution in [1.29, 1.82) is 0 Å². The summed E-state index contributed by atoms with van der Waals surface area (Å²) in [7, 11) is 0. The van der Waals surface area contributed by atoms with Gasteiger partial charge in [0.1, 0.15) is 11.4 Å². The largest absolute Gasteiger partial charge is 0.412 e. The molecule has 8 heteroatoms. The molecule has 138 valence electrons. The van der Waals surface area contributed by atoms with Gasteiger partial charge in [0.15, 0.2) is 0 Å². The Labute approximate surface area is 156 Å². The van der Waals surface area contributed by atoms with Crippen LogP contribution in [0.15, 0.2) is 67.0 Å². The molecule has 0 radical (unpaired) electrons. The lowest BCUT2D eigenvalue weighted by Gasteiger charge is -2.07. The molecule has 0 aromatic carbocycles. The van der Waals surface area contributed by atoms with Crippen molar-refractivity contribution in [3.8, 4) is 0 Å². The highest BCUT2D eigenvalue weighted by Crippen LogP contribution is 2.02. The number of carbonyl (C=O) groups is 2. The van der Waals surface area contributed by atoms with Crippen LogP contribution < -0.4 is 10.6 Å². The normalized spacial score (nSPS) is 9.78. The highest BCUT2D eigenvalue weighted by molar-refractivity contribution is 5.96. The molecule has 3 rings (SSSR count). The van der Waals surface area contributed by atoms with Gasteiger partial charge in [0.25, 0.3) is 11.8 Å². The fourth-order valence-electron chi connectivity index (χ4n) is 2.22. The Bertz CT molecular complexity index is 817. The maximum Gasteiger partial charge on any atom is 0.270 e. The molecule has 3 aromatic heterocycles. The van der Waals surface area contributed by atoms with Gasteiger partial charge in [0.05, 0.1) is 24.5 Å². The van der Waals surface area contributed by atoms with Crippen molar-refractivity contribution in [2.24, 2.45) is 0 Å². The minimum Gasteiger partial charge on any atom is -0.412 e. The van der Waals surface area contributed by atoms with Gasteiger partial charge in [0.2, 0.25) is 0 Å². The highest BCUT2D eigenvalue weighted by Gasteiger charge is 2.12. The standard InChI is InChI=1S/C19H17N5O2.H2O/c25-18(22-12-14-6-1-3-10-20-14)16-8-5-9-17(24-16)19(26)23-13-15-7-2-4-11-21-15;/h1-11H,12-13H2,(H,22,25)(H,23,26);1H2. The minimum absolute atomic E-state index is 0. The van der Waals surface area contributed by atoms with Crippen molar-refractivity contribution in [1.82, 2.24) is 25.6 Å². The van der Waals surface area contributed by atoms with E-state index in [1.807, 2.05) is 24.3 Å². The lowest BCUT2D eigenvalue weighted by Crippen LogP contribution is -2.27. The van der Waals surface area contributed by atoms with Crippen LogP contribution in [0.1, 0.15) is 32.4 Å². The molecule has 8 nitrogen and oxygen atoms in total. The first-order valence-corrected chi connectivity index (χ1v) is 8.05. The van der Waals surface area contributed by atoms with E-state index in [-0.39, 0.29) is 41.8 Å². The Morgan fingerprint density at radius 1 is 0.704 bits per heavy atom. The fourth-order valence-corrected chi connectivity index (χ4v) is 2.22. The van der Waals surface area contributed by atoms with Crippen molar-refractivity contribution in [2.75, 3.05) is 0 Å². The molecule has 0 spiro atoms. The smallest absolute Gasteiger partial charge is 0.270 e. The van der Waals surface area contributed by atoms with Gasteiger partial charge in [-0.1, -0.05) is 18.2 Å². The van der Waals surface area contributed by atoms with E-state index in [9.17, 15) is 9.59 Å². The van der Waals surface area contributed by atoms with E-state index in [0.29, 0.717) is 0 Å². The zero-order valence-electron chi connectivity index (χ0n) is 14.4. The maximum atomic E-state index is 12.2. The van der Waals surface area contributed by atoms with Crippen LogP contribution in [0, 0.1) is 0 Å². The molecule has 0 saturated carbocycles. The molecule has 0 unspecified atom stereocenters. The Morgan fingerprint density at radius 2 is 1.19 bits per heavy atom. The third-order valence-electron chi connectivity index (χ3n) is 3.53. The predicted octanol–water partition coefficient (Wildman–Crippen LogP) is 0.907. The first-order valence-electron chi connectivity index (χ1n) is 8.05. The van der Waals surface area contributed by atoms with Crippen LogP contribution in [0.4, 0.5) is 0 Å². The van der Waals surface area contributed by atoms with E-state index >= 15 is 0 Å². The summed E-state index contributed by atoms with van der Waals surface area (Å²) < 4.78 is 0. The number of rotatable bonds is 6. The zero-order valence-corrected chi connectivity index (χ0v) is 14.4. The lowest BCUT2D eigenvalue weighted by molar-refractivity contribution is 0.0941. The van der Waals surface area contributed by atoms with Crippen LogP contribution in [0.2, 0.25) is 0 Å². The van der Waals surface area contributed by atoms with Gasteiger partial charge in [-0.2, -0.15) is 0 Å². The Balaban J connectivity index is 0.00000261. The third kappa shape index (κ3) is 5.68. The molecular formula is C19H19N5O3. The van der Waals surface area contributed by atoms with E-state index in [1.54, 1.807) is 42.7 Å². The van der Waals surface area contributed by atoms with Gasteiger partial charge in [-0.05, 0) is 36.4 Å². The Hall–Kier alpha value is -3.65. The van der Waals surface area contributed by atoms with Gasteiger partial charge in [-0.25, -0.2) is 4.98 Å². The summed E-state index contributed by atoms with van der Waals surface area (Å²) >= 11 is 0. The summed E-state index contributed by atoms with van der Waals surface area (Å²) in [5.41, 5.74) is 1.83. The molecule has 2 amide bonds. The first kappa shape index (κ1) is 19.7. The number of amides is 2. The molecule has 0 saturated heterocycles. The molecule has 0 atom stereocenters. The van der Waals surface area contributed by atoms with Crippen molar-refractivity contribution in [3.05, 3.63) is 89.8 Å².